The van der Waals surface area contributed by atoms with Gasteiger partial charge in [-0.3, -0.25) is 0 Å². The Morgan fingerprint density at radius 2 is 2.12 bits per heavy atom. The number of hydrogen-bond acceptors (Lipinski definition) is 4. The molecule has 0 spiro atoms. The number of aromatic nitrogens is 1. The molecule has 0 saturated carbocycles. The third-order valence-corrected chi connectivity index (χ3v) is 3.67. The second-order valence-corrected chi connectivity index (χ2v) is 5.20. The number of methoxy groups -OCH3 is 1. The van der Waals surface area contributed by atoms with Crippen molar-refractivity contribution >= 4 is 17.2 Å². The monoisotopic (exact) mass is 248 g/mol. The van der Waals surface area contributed by atoms with E-state index in [1.807, 2.05) is 18.2 Å². The summed E-state index contributed by atoms with van der Waals surface area (Å²) in [4.78, 5) is 6.97. The highest BCUT2D eigenvalue weighted by molar-refractivity contribution is 7.12. The van der Waals surface area contributed by atoms with Gasteiger partial charge in [0.05, 0.1) is 13.2 Å². The smallest absolute Gasteiger partial charge is 0.214 e. The fraction of sp³-hybridized carbons (Fsp3) is 0.308. The normalized spacial score (nSPS) is 12.2. The Hall–Kier alpha value is -1.55. The molecule has 3 nitrogen and oxygen atoms in total. The van der Waals surface area contributed by atoms with E-state index in [1.165, 1.54) is 9.75 Å². The van der Waals surface area contributed by atoms with Crippen molar-refractivity contribution in [2.45, 2.75) is 19.9 Å². The number of aryl methyl sites for hydroxylation is 1. The summed E-state index contributed by atoms with van der Waals surface area (Å²) in [6.45, 7) is 4.25. The average Bonchev–Trinajstić information content (AvgIpc) is 2.76. The van der Waals surface area contributed by atoms with Crippen LogP contribution >= 0.6 is 11.3 Å². The van der Waals surface area contributed by atoms with Crippen molar-refractivity contribution in [2.75, 3.05) is 12.4 Å². The van der Waals surface area contributed by atoms with Gasteiger partial charge in [-0.15, -0.1) is 11.3 Å². The first-order valence-electron chi connectivity index (χ1n) is 5.53. The molecule has 2 aromatic rings. The highest BCUT2D eigenvalue weighted by Gasteiger charge is 2.08. The molecule has 0 bridgehead atoms. The zero-order chi connectivity index (χ0) is 12.3. The lowest BCUT2D eigenvalue weighted by atomic mass is 10.2. The maximum Gasteiger partial charge on any atom is 0.214 e. The van der Waals surface area contributed by atoms with Crippen LogP contribution in [0.1, 0.15) is 22.7 Å². The number of pyridine rings is 1. The van der Waals surface area contributed by atoms with Gasteiger partial charge in [-0.1, -0.05) is 6.07 Å². The molecular formula is C13H16N2OS. The third-order valence-electron chi connectivity index (χ3n) is 2.48. The Bertz CT molecular complexity index is 496. The molecular weight excluding hydrogens is 232 g/mol. The average molecular weight is 248 g/mol. The fourth-order valence-corrected chi connectivity index (χ4v) is 2.47. The van der Waals surface area contributed by atoms with E-state index < -0.39 is 0 Å². The number of nitrogens with zero attached hydrogens (tertiary/aromatic N) is 1. The minimum atomic E-state index is 0.258. The molecule has 0 fully saturated rings. The van der Waals surface area contributed by atoms with Crippen LogP contribution in [0, 0.1) is 6.92 Å². The largest absolute Gasteiger partial charge is 0.481 e. The van der Waals surface area contributed by atoms with Crippen LogP contribution in [0.25, 0.3) is 0 Å². The highest BCUT2D eigenvalue weighted by Crippen LogP contribution is 2.25. The lowest BCUT2D eigenvalue weighted by Gasteiger charge is -2.13. The van der Waals surface area contributed by atoms with Crippen LogP contribution in [0.3, 0.4) is 0 Å². The topological polar surface area (TPSA) is 34.1 Å². The van der Waals surface area contributed by atoms with Crippen molar-refractivity contribution in [3.8, 4) is 5.88 Å². The molecule has 1 atom stereocenters. The molecule has 0 aliphatic heterocycles. The van der Waals surface area contributed by atoms with Crippen molar-refractivity contribution in [3.05, 3.63) is 40.1 Å². The molecule has 90 valence electrons. The maximum atomic E-state index is 5.10. The van der Waals surface area contributed by atoms with Crippen molar-refractivity contribution in [1.29, 1.82) is 0 Å². The lowest BCUT2D eigenvalue weighted by Crippen LogP contribution is -2.06. The van der Waals surface area contributed by atoms with Gasteiger partial charge in [-0.05, 0) is 32.0 Å². The first kappa shape index (κ1) is 11.9. The SMILES string of the molecule is COc1cccc(NC(C)c2ccc(C)s2)n1. The van der Waals surface area contributed by atoms with E-state index in [1.54, 1.807) is 18.4 Å². The van der Waals surface area contributed by atoms with Gasteiger partial charge >= 0.3 is 0 Å². The van der Waals surface area contributed by atoms with Gasteiger partial charge in [0.15, 0.2) is 0 Å². The Morgan fingerprint density at radius 1 is 1.29 bits per heavy atom. The summed E-state index contributed by atoms with van der Waals surface area (Å²) in [6, 6.07) is 10.3. The molecule has 0 aliphatic carbocycles. The molecule has 17 heavy (non-hydrogen) atoms. The van der Waals surface area contributed by atoms with E-state index >= 15 is 0 Å². The molecule has 2 rings (SSSR count). The standard InChI is InChI=1S/C13H16N2OS/c1-9-7-8-11(17-9)10(2)14-12-5-4-6-13(15-12)16-3/h4-8,10H,1-3H3,(H,14,15). The second kappa shape index (κ2) is 5.19. The number of hydrogen-bond donors (Lipinski definition) is 1. The Morgan fingerprint density at radius 3 is 2.76 bits per heavy atom. The van der Waals surface area contributed by atoms with Crippen LogP contribution < -0.4 is 10.1 Å². The van der Waals surface area contributed by atoms with Crippen LogP contribution in [0.4, 0.5) is 5.82 Å². The Labute approximate surface area is 105 Å². The quantitative estimate of drug-likeness (QED) is 0.897. The van der Waals surface area contributed by atoms with Gasteiger partial charge in [0.2, 0.25) is 5.88 Å². The molecule has 4 heteroatoms. The van der Waals surface area contributed by atoms with Crippen LogP contribution in [0.5, 0.6) is 5.88 Å². The third kappa shape index (κ3) is 2.97. The summed E-state index contributed by atoms with van der Waals surface area (Å²) in [5, 5.41) is 3.37. The van der Waals surface area contributed by atoms with E-state index in [-0.39, 0.29) is 6.04 Å². The number of ether oxygens (including phenoxy) is 1. The molecule has 1 unspecified atom stereocenters. The minimum absolute atomic E-state index is 0.258. The zero-order valence-electron chi connectivity index (χ0n) is 10.2. The summed E-state index contributed by atoms with van der Waals surface area (Å²) >= 11 is 1.80. The van der Waals surface area contributed by atoms with Crippen LogP contribution in [0.2, 0.25) is 0 Å². The van der Waals surface area contributed by atoms with Crippen LogP contribution in [-0.4, -0.2) is 12.1 Å². The zero-order valence-corrected chi connectivity index (χ0v) is 11.0. The van der Waals surface area contributed by atoms with Crippen molar-refractivity contribution in [3.63, 3.8) is 0 Å². The second-order valence-electron chi connectivity index (χ2n) is 3.88. The summed E-state index contributed by atoms with van der Waals surface area (Å²) in [7, 11) is 1.62. The number of thiophene rings is 1. The Balaban J connectivity index is 2.09. The van der Waals surface area contributed by atoms with Crippen molar-refractivity contribution in [2.24, 2.45) is 0 Å². The van der Waals surface area contributed by atoms with Crippen molar-refractivity contribution < 1.29 is 4.74 Å². The number of nitrogens with one attached hydrogen (secondary N) is 1. The number of rotatable bonds is 4. The van der Waals surface area contributed by atoms with Gasteiger partial charge in [-0.25, -0.2) is 0 Å². The first-order valence-corrected chi connectivity index (χ1v) is 6.34. The van der Waals surface area contributed by atoms with Crippen LogP contribution in [0.15, 0.2) is 30.3 Å². The first-order chi connectivity index (χ1) is 8.19. The van der Waals surface area contributed by atoms with E-state index in [0.717, 1.165) is 5.82 Å². The van der Waals surface area contributed by atoms with Crippen molar-refractivity contribution in [1.82, 2.24) is 4.98 Å². The van der Waals surface area contributed by atoms with E-state index in [4.69, 9.17) is 4.74 Å². The van der Waals surface area contributed by atoms with E-state index in [9.17, 15) is 0 Å². The highest BCUT2D eigenvalue weighted by atomic mass is 32.1. The summed E-state index contributed by atoms with van der Waals surface area (Å²) in [6.07, 6.45) is 0. The van der Waals surface area contributed by atoms with Crippen LogP contribution in [-0.2, 0) is 0 Å². The molecule has 0 aliphatic rings. The van der Waals surface area contributed by atoms with E-state index in [0.29, 0.717) is 5.88 Å². The molecule has 1 N–H and O–H groups in total. The van der Waals surface area contributed by atoms with E-state index in [2.05, 4.69) is 36.3 Å². The molecule has 2 heterocycles. The van der Waals surface area contributed by atoms with Gasteiger partial charge in [0.1, 0.15) is 5.82 Å². The van der Waals surface area contributed by atoms with Gasteiger partial charge in [0, 0.05) is 15.8 Å². The summed E-state index contributed by atoms with van der Waals surface area (Å²) in [5.74, 6) is 1.47. The lowest BCUT2D eigenvalue weighted by molar-refractivity contribution is 0.398. The van der Waals surface area contributed by atoms with Gasteiger partial charge in [-0.2, -0.15) is 4.98 Å². The fourth-order valence-electron chi connectivity index (χ4n) is 1.59. The van der Waals surface area contributed by atoms with Gasteiger partial charge < -0.3 is 10.1 Å². The molecule has 0 radical (unpaired) electrons. The Kier molecular flexibility index (Phi) is 3.64. The predicted octanol–water partition coefficient (Wildman–Crippen LogP) is 3.63. The summed E-state index contributed by atoms with van der Waals surface area (Å²) in [5.41, 5.74) is 0. The number of anilines is 1. The summed E-state index contributed by atoms with van der Waals surface area (Å²) < 4.78 is 5.10. The minimum Gasteiger partial charge on any atom is -0.481 e. The molecule has 2 aromatic heterocycles. The maximum absolute atomic E-state index is 5.10. The molecule has 0 amide bonds. The molecule has 0 aromatic carbocycles. The predicted molar refractivity (Wildman–Crippen MR) is 71.9 cm³/mol. The molecule has 0 saturated heterocycles. The van der Waals surface area contributed by atoms with Gasteiger partial charge in [0.25, 0.3) is 0 Å².